The van der Waals surface area contributed by atoms with Crippen molar-refractivity contribution in [3.63, 3.8) is 0 Å². The summed E-state index contributed by atoms with van der Waals surface area (Å²) in [4.78, 5) is 38.6. The van der Waals surface area contributed by atoms with Crippen LogP contribution in [0.15, 0.2) is 34.6 Å². The van der Waals surface area contributed by atoms with Gasteiger partial charge in [0.25, 0.3) is 11.1 Å². The highest BCUT2D eigenvalue weighted by Gasteiger charge is 2.36. The number of amides is 3. The molecule has 0 atom stereocenters. The Bertz CT molecular complexity index is 942. The van der Waals surface area contributed by atoms with Crippen molar-refractivity contribution in [3.8, 4) is 0 Å². The molecule has 1 saturated heterocycles. The smallest absolute Gasteiger partial charge is 0.294 e. The van der Waals surface area contributed by atoms with Crippen molar-refractivity contribution >= 4 is 63.5 Å². The minimum Gasteiger partial charge on any atom is -0.324 e. The first-order valence-corrected chi connectivity index (χ1v) is 9.47. The SMILES string of the molecule is Cc1ccsc1/C=C1/SC(=O)N(CC(=O)Nc2ccc(F)c(Cl)c2)C1=O. The number of hydrogen-bond acceptors (Lipinski definition) is 5. The molecular formula is C17H12ClFN2O3S2. The molecule has 1 N–H and O–H groups in total. The van der Waals surface area contributed by atoms with E-state index in [2.05, 4.69) is 5.32 Å². The van der Waals surface area contributed by atoms with Crippen molar-refractivity contribution in [2.75, 3.05) is 11.9 Å². The third-order valence-corrected chi connectivity index (χ3v) is 5.71. The molecule has 3 amide bonds. The molecular weight excluding hydrogens is 399 g/mol. The Kier molecular flexibility index (Phi) is 5.45. The minimum atomic E-state index is -0.607. The average molecular weight is 411 g/mol. The third-order valence-electron chi connectivity index (χ3n) is 3.54. The summed E-state index contributed by atoms with van der Waals surface area (Å²) in [5.74, 6) is -1.70. The first-order chi connectivity index (χ1) is 12.3. The summed E-state index contributed by atoms with van der Waals surface area (Å²) >= 11 is 7.92. The van der Waals surface area contributed by atoms with E-state index in [-0.39, 0.29) is 15.6 Å². The second-order valence-corrected chi connectivity index (χ2v) is 7.76. The molecule has 5 nitrogen and oxygen atoms in total. The van der Waals surface area contributed by atoms with Crippen molar-refractivity contribution in [1.82, 2.24) is 4.90 Å². The highest BCUT2D eigenvalue weighted by molar-refractivity contribution is 8.18. The van der Waals surface area contributed by atoms with Gasteiger partial charge >= 0.3 is 0 Å². The number of carbonyl (C=O) groups excluding carboxylic acids is 3. The number of aryl methyl sites for hydroxylation is 1. The van der Waals surface area contributed by atoms with Gasteiger partial charge in [-0.2, -0.15) is 0 Å². The van der Waals surface area contributed by atoms with Gasteiger partial charge in [-0.25, -0.2) is 4.39 Å². The van der Waals surface area contributed by atoms with Crippen LogP contribution in [0.4, 0.5) is 14.9 Å². The Morgan fingerprint density at radius 1 is 1.35 bits per heavy atom. The largest absolute Gasteiger partial charge is 0.324 e. The van der Waals surface area contributed by atoms with E-state index in [1.54, 1.807) is 6.08 Å². The average Bonchev–Trinajstić information content (AvgIpc) is 3.10. The van der Waals surface area contributed by atoms with E-state index in [4.69, 9.17) is 11.6 Å². The zero-order valence-electron chi connectivity index (χ0n) is 13.4. The number of hydrogen-bond donors (Lipinski definition) is 1. The van der Waals surface area contributed by atoms with Gasteiger partial charge in [-0.15, -0.1) is 11.3 Å². The number of rotatable bonds is 4. The molecule has 2 aromatic rings. The summed E-state index contributed by atoms with van der Waals surface area (Å²) in [7, 11) is 0. The van der Waals surface area contributed by atoms with Crippen molar-refractivity contribution in [2.45, 2.75) is 6.92 Å². The van der Waals surface area contributed by atoms with E-state index >= 15 is 0 Å². The fraction of sp³-hybridized carbons (Fsp3) is 0.118. The molecule has 0 aliphatic carbocycles. The van der Waals surface area contributed by atoms with Crippen LogP contribution in [0.25, 0.3) is 6.08 Å². The van der Waals surface area contributed by atoms with E-state index in [0.29, 0.717) is 0 Å². The quantitative estimate of drug-likeness (QED) is 0.752. The van der Waals surface area contributed by atoms with Crippen LogP contribution in [0.5, 0.6) is 0 Å². The highest BCUT2D eigenvalue weighted by Crippen LogP contribution is 2.33. The van der Waals surface area contributed by atoms with E-state index in [1.807, 2.05) is 18.4 Å². The van der Waals surface area contributed by atoms with E-state index in [9.17, 15) is 18.8 Å². The topological polar surface area (TPSA) is 66.5 Å². The number of nitrogens with one attached hydrogen (secondary N) is 1. The first-order valence-electron chi connectivity index (χ1n) is 7.39. The lowest BCUT2D eigenvalue weighted by Gasteiger charge is -2.12. The summed E-state index contributed by atoms with van der Waals surface area (Å²) in [6.45, 7) is 1.48. The molecule has 1 aromatic carbocycles. The van der Waals surface area contributed by atoms with Crippen LogP contribution < -0.4 is 5.32 Å². The molecule has 2 heterocycles. The second kappa shape index (κ2) is 7.61. The number of thiophene rings is 1. The van der Waals surface area contributed by atoms with Gasteiger partial charge in [0.1, 0.15) is 12.4 Å². The zero-order valence-corrected chi connectivity index (χ0v) is 15.8. The molecule has 9 heteroatoms. The third kappa shape index (κ3) is 3.98. The Morgan fingerprint density at radius 3 is 2.77 bits per heavy atom. The Hall–Kier alpha value is -2.16. The summed E-state index contributed by atoms with van der Waals surface area (Å²) in [5.41, 5.74) is 1.28. The normalized spacial score (nSPS) is 15.8. The molecule has 1 aliphatic rings. The van der Waals surface area contributed by atoms with E-state index in [0.717, 1.165) is 33.2 Å². The van der Waals surface area contributed by atoms with E-state index in [1.165, 1.54) is 23.5 Å². The number of carbonyl (C=O) groups is 3. The maximum absolute atomic E-state index is 13.1. The number of nitrogens with zero attached hydrogens (tertiary/aromatic N) is 1. The van der Waals surface area contributed by atoms with Crippen LogP contribution >= 0.6 is 34.7 Å². The van der Waals surface area contributed by atoms with Gasteiger partial charge in [0.2, 0.25) is 5.91 Å². The molecule has 26 heavy (non-hydrogen) atoms. The molecule has 0 bridgehead atoms. The number of anilines is 1. The fourth-order valence-corrected chi connectivity index (χ4v) is 4.14. The molecule has 134 valence electrons. The number of thioether (sulfide) groups is 1. The predicted octanol–water partition coefficient (Wildman–Crippen LogP) is 4.52. The molecule has 1 fully saturated rings. The summed E-state index contributed by atoms with van der Waals surface area (Å²) in [5, 5.41) is 3.73. The van der Waals surface area contributed by atoms with Crippen LogP contribution in [0.1, 0.15) is 10.4 Å². The predicted molar refractivity (Wildman–Crippen MR) is 102 cm³/mol. The number of imide groups is 1. The monoisotopic (exact) mass is 410 g/mol. The minimum absolute atomic E-state index is 0.136. The van der Waals surface area contributed by atoms with Crippen molar-refractivity contribution in [2.24, 2.45) is 0 Å². The first kappa shape index (κ1) is 18.6. The lowest BCUT2D eigenvalue weighted by molar-refractivity contribution is -0.127. The van der Waals surface area contributed by atoms with Crippen LogP contribution in [-0.2, 0) is 9.59 Å². The van der Waals surface area contributed by atoms with Gasteiger partial charge in [0.05, 0.1) is 9.93 Å². The molecule has 0 spiro atoms. The molecule has 0 radical (unpaired) electrons. The van der Waals surface area contributed by atoms with Gasteiger partial charge in [0, 0.05) is 10.6 Å². The van der Waals surface area contributed by atoms with Crippen LogP contribution in [0.3, 0.4) is 0 Å². The lowest BCUT2D eigenvalue weighted by Crippen LogP contribution is -2.36. The summed E-state index contributed by atoms with van der Waals surface area (Å²) < 4.78 is 13.1. The second-order valence-electron chi connectivity index (χ2n) is 5.41. The van der Waals surface area contributed by atoms with Crippen LogP contribution in [0, 0.1) is 12.7 Å². The van der Waals surface area contributed by atoms with Crippen LogP contribution in [0.2, 0.25) is 5.02 Å². The maximum atomic E-state index is 13.1. The molecule has 3 rings (SSSR count). The van der Waals surface area contributed by atoms with Gasteiger partial charge < -0.3 is 5.32 Å². The van der Waals surface area contributed by atoms with Crippen molar-refractivity contribution in [1.29, 1.82) is 0 Å². The summed E-state index contributed by atoms with van der Waals surface area (Å²) in [6.07, 6.45) is 1.66. The molecule has 1 aromatic heterocycles. The number of halogens is 2. The van der Waals surface area contributed by atoms with Crippen LogP contribution in [-0.4, -0.2) is 28.5 Å². The Morgan fingerprint density at radius 2 is 2.12 bits per heavy atom. The Balaban J connectivity index is 1.69. The lowest BCUT2D eigenvalue weighted by atomic mass is 10.2. The van der Waals surface area contributed by atoms with E-state index < -0.39 is 29.4 Å². The highest BCUT2D eigenvalue weighted by atomic mass is 35.5. The van der Waals surface area contributed by atoms with Crippen molar-refractivity contribution < 1.29 is 18.8 Å². The molecule has 1 aliphatic heterocycles. The maximum Gasteiger partial charge on any atom is 0.294 e. The standard InChI is InChI=1S/C17H12ClFN2O3S2/c1-9-4-5-25-13(9)7-14-16(23)21(17(24)26-14)8-15(22)20-10-2-3-12(19)11(18)6-10/h2-7H,8H2,1H3,(H,20,22)/b14-7+. The van der Waals surface area contributed by atoms with Gasteiger partial charge in [-0.1, -0.05) is 11.6 Å². The summed E-state index contributed by atoms with van der Waals surface area (Å²) in [6, 6.07) is 5.63. The zero-order chi connectivity index (χ0) is 18.8. The number of benzene rings is 1. The fourth-order valence-electron chi connectivity index (χ4n) is 2.21. The van der Waals surface area contributed by atoms with Crippen molar-refractivity contribution in [3.05, 3.63) is 55.8 Å². The Labute approximate surface area is 161 Å². The molecule has 0 unspecified atom stereocenters. The van der Waals surface area contributed by atoms with Gasteiger partial charge in [-0.05, 0) is 60.0 Å². The molecule has 0 saturated carbocycles. The van der Waals surface area contributed by atoms with Gasteiger partial charge in [0.15, 0.2) is 0 Å². The van der Waals surface area contributed by atoms with Gasteiger partial charge in [-0.3, -0.25) is 19.3 Å².